The number of para-hydroxylation sites is 1. The molecule has 0 saturated heterocycles. The summed E-state index contributed by atoms with van der Waals surface area (Å²) in [6.07, 6.45) is 3.67. The first-order chi connectivity index (χ1) is 22.9. The molecular formula is C42H33N5. The number of nitrogens with zero attached hydrogens (tertiary/aromatic N) is 5. The average Bonchev–Trinajstić information content (AvgIpc) is 3.45. The third-order valence-corrected chi connectivity index (χ3v) is 8.73. The van der Waals surface area contributed by atoms with Crippen molar-refractivity contribution in [3.63, 3.8) is 0 Å². The molecule has 226 valence electrons. The van der Waals surface area contributed by atoms with E-state index >= 15 is 0 Å². The van der Waals surface area contributed by atoms with Crippen LogP contribution < -0.4 is 0 Å². The van der Waals surface area contributed by atoms with Gasteiger partial charge in [0.05, 0.1) is 16.7 Å². The normalized spacial score (nSPS) is 11.7. The van der Waals surface area contributed by atoms with Gasteiger partial charge in [-0.25, -0.2) is 15.0 Å². The lowest BCUT2D eigenvalue weighted by molar-refractivity contribution is 0.591. The molecule has 0 N–H and O–H groups in total. The van der Waals surface area contributed by atoms with E-state index in [0.717, 1.165) is 44.5 Å². The maximum atomic E-state index is 5.13. The fourth-order valence-electron chi connectivity index (χ4n) is 6.26. The third-order valence-electron chi connectivity index (χ3n) is 8.73. The number of pyridine rings is 1. The number of hydrogen-bond acceptors (Lipinski definition) is 4. The van der Waals surface area contributed by atoms with Crippen LogP contribution in [0.25, 0.3) is 72.8 Å². The van der Waals surface area contributed by atoms with Gasteiger partial charge >= 0.3 is 0 Å². The summed E-state index contributed by atoms with van der Waals surface area (Å²) >= 11 is 0. The monoisotopic (exact) mass is 607 g/mol. The predicted octanol–water partition coefficient (Wildman–Crippen LogP) is 10.3. The quantitative estimate of drug-likeness (QED) is 0.195. The first-order valence-corrected chi connectivity index (χ1v) is 15.9. The highest BCUT2D eigenvalue weighted by atomic mass is 15.1. The van der Waals surface area contributed by atoms with Crippen LogP contribution in [-0.4, -0.2) is 24.5 Å². The van der Waals surface area contributed by atoms with Gasteiger partial charge in [-0.3, -0.25) is 4.98 Å². The number of rotatable bonds is 5. The molecule has 3 aromatic heterocycles. The molecule has 8 aromatic rings. The Hall–Kier alpha value is -5.94. The van der Waals surface area contributed by atoms with Crippen molar-refractivity contribution in [2.24, 2.45) is 0 Å². The molecule has 0 aliphatic rings. The number of hydrogen-bond donors (Lipinski definition) is 0. The highest BCUT2D eigenvalue weighted by molar-refractivity contribution is 6.10. The minimum atomic E-state index is 0.0242. The Bertz CT molecular complexity index is 2310. The lowest BCUT2D eigenvalue weighted by atomic mass is 9.86. The van der Waals surface area contributed by atoms with Gasteiger partial charge in [-0.2, -0.15) is 0 Å². The second kappa shape index (κ2) is 11.5. The molecule has 0 radical (unpaired) electrons. The van der Waals surface area contributed by atoms with Gasteiger partial charge in [0.2, 0.25) is 0 Å². The minimum Gasteiger partial charge on any atom is -0.308 e. The summed E-state index contributed by atoms with van der Waals surface area (Å²) in [4.78, 5) is 19.5. The van der Waals surface area contributed by atoms with Gasteiger partial charge in [0.1, 0.15) is 0 Å². The van der Waals surface area contributed by atoms with Crippen molar-refractivity contribution in [3.8, 4) is 51.0 Å². The van der Waals surface area contributed by atoms with Gasteiger partial charge in [-0.15, -0.1) is 0 Å². The van der Waals surface area contributed by atoms with E-state index in [4.69, 9.17) is 15.0 Å². The van der Waals surface area contributed by atoms with Gasteiger partial charge in [-0.05, 0) is 64.6 Å². The maximum Gasteiger partial charge on any atom is 0.166 e. The molecular weight excluding hydrogens is 574 g/mol. The van der Waals surface area contributed by atoms with Gasteiger partial charge < -0.3 is 4.57 Å². The fraction of sp³-hybridized carbons (Fsp3) is 0.0952. The van der Waals surface area contributed by atoms with Gasteiger partial charge in [0, 0.05) is 39.9 Å². The molecule has 5 heteroatoms. The smallest absolute Gasteiger partial charge is 0.166 e. The number of benzene rings is 5. The van der Waals surface area contributed by atoms with E-state index in [9.17, 15) is 0 Å². The number of fused-ring (bicyclic) bond motifs is 3. The van der Waals surface area contributed by atoms with Crippen LogP contribution in [0.3, 0.4) is 0 Å². The maximum absolute atomic E-state index is 5.13. The van der Waals surface area contributed by atoms with Crippen LogP contribution in [0.5, 0.6) is 0 Å². The summed E-state index contributed by atoms with van der Waals surface area (Å²) in [5.74, 6) is 1.89. The summed E-state index contributed by atoms with van der Waals surface area (Å²) in [5.41, 5.74) is 9.56. The van der Waals surface area contributed by atoms with Gasteiger partial charge in [0.25, 0.3) is 0 Å². The second-order valence-corrected chi connectivity index (χ2v) is 12.8. The fourth-order valence-corrected chi connectivity index (χ4v) is 6.26. The highest BCUT2D eigenvalue weighted by Gasteiger charge is 2.22. The van der Waals surface area contributed by atoms with Crippen LogP contribution in [0.15, 0.2) is 146 Å². The Labute approximate surface area is 274 Å². The molecule has 0 saturated carbocycles. The zero-order valence-corrected chi connectivity index (χ0v) is 26.6. The van der Waals surface area contributed by atoms with Crippen LogP contribution >= 0.6 is 0 Å². The van der Waals surface area contributed by atoms with Crippen molar-refractivity contribution >= 4 is 21.8 Å². The lowest BCUT2D eigenvalue weighted by Crippen LogP contribution is -2.10. The van der Waals surface area contributed by atoms with E-state index in [-0.39, 0.29) is 5.41 Å². The molecule has 0 spiro atoms. The van der Waals surface area contributed by atoms with Crippen molar-refractivity contribution in [2.45, 2.75) is 26.2 Å². The Morgan fingerprint density at radius 1 is 0.468 bits per heavy atom. The van der Waals surface area contributed by atoms with E-state index in [1.54, 1.807) is 0 Å². The van der Waals surface area contributed by atoms with Crippen molar-refractivity contribution in [2.75, 3.05) is 0 Å². The van der Waals surface area contributed by atoms with Crippen LogP contribution in [0.4, 0.5) is 0 Å². The molecule has 8 rings (SSSR count). The lowest BCUT2D eigenvalue weighted by Gasteiger charge is -2.19. The molecule has 0 unspecified atom stereocenters. The first kappa shape index (κ1) is 28.5. The predicted molar refractivity (Wildman–Crippen MR) is 192 cm³/mol. The Balaban J connectivity index is 1.45. The van der Waals surface area contributed by atoms with E-state index < -0.39 is 0 Å². The zero-order valence-electron chi connectivity index (χ0n) is 26.6. The molecule has 0 atom stereocenters. The molecule has 0 aliphatic heterocycles. The Kier molecular flexibility index (Phi) is 6.95. The first-order valence-electron chi connectivity index (χ1n) is 15.9. The molecule has 0 aliphatic carbocycles. The van der Waals surface area contributed by atoms with Crippen LogP contribution in [-0.2, 0) is 5.41 Å². The van der Waals surface area contributed by atoms with Gasteiger partial charge in [-0.1, -0.05) is 112 Å². The van der Waals surface area contributed by atoms with E-state index in [0.29, 0.717) is 17.5 Å². The summed E-state index contributed by atoms with van der Waals surface area (Å²) < 4.78 is 2.37. The minimum absolute atomic E-state index is 0.0242. The third kappa shape index (κ3) is 5.26. The van der Waals surface area contributed by atoms with Crippen LogP contribution in [0.2, 0.25) is 0 Å². The highest BCUT2D eigenvalue weighted by Crippen LogP contribution is 2.39. The van der Waals surface area contributed by atoms with Crippen molar-refractivity contribution in [1.82, 2.24) is 24.5 Å². The molecule has 0 amide bonds. The summed E-state index contributed by atoms with van der Waals surface area (Å²) in [6, 6.07) is 46.4. The van der Waals surface area contributed by atoms with Gasteiger partial charge in [0.15, 0.2) is 17.5 Å². The van der Waals surface area contributed by atoms with E-state index in [2.05, 4.69) is 91.0 Å². The number of aromatic nitrogens is 5. The van der Waals surface area contributed by atoms with Crippen LogP contribution in [0, 0.1) is 0 Å². The molecule has 0 bridgehead atoms. The van der Waals surface area contributed by atoms with Crippen molar-refractivity contribution < 1.29 is 0 Å². The Morgan fingerprint density at radius 3 is 1.72 bits per heavy atom. The zero-order chi connectivity index (χ0) is 32.0. The van der Waals surface area contributed by atoms with Crippen LogP contribution in [0.1, 0.15) is 26.3 Å². The van der Waals surface area contributed by atoms with E-state index in [1.807, 2.05) is 85.2 Å². The summed E-state index contributed by atoms with van der Waals surface area (Å²) in [5, 5.41) is 2.43. The summed E-state index contributed by atoms with van der Waals surface area (Å²) in [6.45, 7) is 6.79. The standard InChI is InChI=1S/C42H33N5/c1-42(2,3)32-19-21-37-35(27-32)33-16-10-11-17-36(33)47(37)38-26-31(28-22-24-43-25-23-28)18-20-34(38)41-45-39(29-12-6-4-7-13-29)44-40(46-41)30-14-8-5-9-15-30/h4-27H,1-3H3. The molecule has 3 heterocycles. The largest absolute Gasteiger partial charge is 0.308 e. The van der Waals surface area contributed by atoms with E-state index in [1.165, 1.54) is 16.3 Å². The molecule has 5 aromatic carbocycles. The SMILES string of the molecule is CC(C)(C)c1ccc2c(c1)c1ccccc1n2-c1cc(-c2ccncc2)ccc1-c1nc(-c2ccccc2)nc(-c2ccccc2)n1. The van der Waals surface area contributed by atoms with Crippen molar-refractivity contribution in [3.05, 3.63) is 151 Å². The Morgan fingerprint density at radius 2 is 1.06 bits per heavy atom. The molecule has 5 nitrogen and oxygen atoms in total. The topological polar surface area (TPSA) is 56.5 Å². The average molecular weight is 608 g/mol. The van der Waals surface area contributed by atoms with Crippen molar-refractivity contribution in [1.29, 1.82) is 0 Å². The second-order valence-electron chi connectivity index (χ2n) is 12.8. The summed E-state index contributed by atoms with van der Waals surface area (Å²) in [7, 11) is 0. The molecule has 47 heavy (non-hydrogen) atoms. The molecule has 0 fully saturated rings.